The van der Waals surface area contributed by atoms with Crippen LogP contribution in [0.4, 0.5) is 11.7 Å². The molecule has 192 valence electrons. The van der Waals surface area contributed by atoms with E-state index in [0.29, 0.717) is 52.7 Å². The molecule has 2 saturated heterocycles. The van der Waals surface area contributed by atoms with E-state index in [0.717, 1.165) is 31.6 Å². The van der Waals surface area contributed by atoms with E-state index in [2.05, 4.69) is 16.0 Å². The van der Waals surface area contributed by atoms with Gasteiger partial charge in [0.2, 0.25) is 0 Å². The molecule has 38 heavy (non-hydrogen) atoms. The quantitative estimate of drug-likeness (QED) is 0.413. The first-order valence-corrected chi connectivity index (χ1v) is 12.4. The Kier molecular flexibility index (Phi) is 5.85. The summed E-state index contributed by atoms with van der Waals surface area (Å²) in [6.07, 6.45) is 3.63. The SMILES string of the molecule is COC1CN(c2nc3ccc(-n4cc(C(=O)O)c(=O)cc4-c4ccc(N5CCCC5)c(C#N)c4)cc3o2)C1. The van der Waals surface area contributed by atoms with Gasteiger partial charge in [-0.2, -0.15) is 10.2 Å². The van der Waals surface area contributed by atoms with Gasteiger partial charge in [0.25, 0.3) is 6.01 Å². The van der Waals surface area contributed by atoms with Crippen LogP contribution in [0.2, 0.25) is 0 Å². The van der Waals surface area contributed by atoms with E-state index in [9.17, 15) is 20.0 Å². The average Bonchev–Trinajstić information content (AvgIpc) is 3.57. The minimum absolute atomic E-state index is 0.147. The fraction of sp³-hybridized carbons (Fsp3) is 0.286. The summed E-state index contributed by atoms with van der Waals surface area (Å²) in [7, 11) is 1.67. The molecule has 0 unspecified atom stereocenters. The van der Waals surface area contributed by atoms with Crippen molar-refractivity contribution < 1.29 is 19.1 Å². The summed E-state index contributed by atoms with van der Waals surface area (Å²) in [6, 6.07) is 14.9. The van der Waals surface area contributed by atoms with Crippen molar-refractivity contribution in [1.82, 2.24) is 9.55 Å². The Morgan fingerprint density at radius 2 is 1.92 bits per heavy atom. The molecule has 4 heterocycles. The molecule has 0 aliphatic carbocycles. The van der Waals surface area contributed by atoms with Crippen molar-refractivity contribution in [3.8, 4) is 23.0 Å². The molecule has 0 spiro atoms. The van der Waals surface area contributed by atoms with Crippen molar-refractivity contribution in [2.24, 2.45) is 0 Å². The van der Waals surface area contributed by atoms with Crippen molar-refractivity contribution in [2.75, 3.05) is 43.1 Å². The zero-order chi connectivity index (χ0) is 26.4. The molecule has 4 aromatic rings. The molecule has 6 rings (SSSR count). The fourth-order valence-electron chi connectivity index (χ4n) is 5.08. The number of nitrogens with zero attached hydrogens (tertiary/aromatic N) is 5. The molecule has 10 nitrogen and oxygen atoms in total. The number of aromatic carboxylic acids is 1. The monoisotopic (exact) mass is 511 g/mol. The van der Waals surface area contributed by atoms with E-state index >= 15 is 0 Å². The molecule has 2 aromatic carbocycles. The van der Waals surface area contributed by atoms with Gasteiger partial charge in [-0.05, 0) is 37.1 Å². The van der Waals surface area contributed by atoms with Gasteiger partial charge in [-0.15, -0.1) is 0 Å². The summed E-state index contributed by atoms with van der Waals surface area (Å²) in [5.74, 6) is -1.31. The highest BCUT2D eigenvalue weighted by atomic mass is 16.5. The number of anilines is 2. The largest absolute Gasteiger partial charge is 0.477 e. The van der Waals surface area contributed by atoms with E-state index < -0.39 is 11.4 Å². The first-order valence-electron chi connectivity index (χ1n) is 12.4. The normalized spacial score (nSPS) is 15.6. The van der Waals surface area contributed by atoms with Gasteiger partial charge in [0.15, 0.2) is 11.0 Å². The number of carboxylic acids is 1. The maximum absolute atomic E-state index is 12.7. The van der Waals surface area contributed by atoms with Gasteiger partial charge in [0.1, 0.15) is 17.1 Å². The van der Waals surface area contributed by atoms with Crippen molar-refractivity contribution in [3.63, 3.8) is 0 Å². The van der Waals surface area contributed by atoms with E-state index in [4.69, 9.17) is 9.15 Å². The maximum Gasteiger partial charge on any atom is 0.341 e. The lowest BCUT2D eigenvalue weighted by molar-refractivity contribution is 0.0694. The Labute approximate surface area is 217 Å². The van der Waals surface area contributed by atoms with Crippen molar-refractivity contribution >= 4 is 28.8 Å². The van der Waals surface area contributed by atoms with Gasteiger partial charge < -0.3 is 28.6 Å². The van der Waals surface area contributed by atoms with Crippen LogP contribution in [0, 0.1) is 11.3 Å². The molecule has 0 radical (unpaired) electrons. The molecule has 0 amide bonds. The number of nitriles is 1. The van der Waals surface area contributed by atoms with Gasteiger partial charge in [-0.3, -0.25) is 4.79 Å². The minimum Gasteiger partial charge on any atom is -0.477 e. The Hall–Kier alpha value is -4.62. The molecule has 10 heteroatoms. The Morgan fingerprint density at radius 3 is 2.63 bits per heavy atom. The number of aromatic nitrogens is 2. The number of rotatable bonds is 6. The molecule has 0 bridgehead atoms. The number of ether oxygens (including phenoxy) is 1. The number of methoxy groups -OCH3 is 1. The molecule has 2 aliphatic heterocycles. The van der Waals surface area contributed by atoms with Crippen LogP contribution in [0.1, 0.15) is 28.8 Å². The summed E-state index contributed by atoms with van der Waals surface area (Å²) in [5.41, 5.74) is 3.28. The van der Waals surface area contributed by atoms with Crippen LogP contribution < -0.4 is 15.2 Å². The van der Waals surface area contributed by atoms with Crippen LogP contribution >= 0.6 is 0 Å². The van der Waals surface area contributed by atoms with Crippen LogP contribution in [0.25, 0.3) is 28.0 Å². The number of pyridine rings is 1. The molecular weight excluding hydrogens is 486 g/mol. The second-order valence-electron chi connectivity index (χ2n) is 9.56. The fourth-order valence-corrected chi connectivity index (χ4v) is 5.08. The van der Waals surface area contributed by atoms with Gasteiger partial charge in [0.05, 0.1) is 36.1 Å². The van der Waals surface area contributed by atoms with E-state index in [1.54, 1.807) is 35.9 Å². The van der Waals surface area contributed by atoms with Gasteiger partial charge >= 0.3 is 5.97 Å². The van der Waals surface area contributed by atoms with Crippen LogP contribution in [0.3, 0.4) is 0 Å². The number of fused-ring (bicyclic) bond motifs is 1. The topological polar surface area (TPSA) is 125 Å². The molecule has 2 aromatic heterocycles. The van der Waals surface area contributed by atoms with Crippen LogP contribution in [-0.4, -0.2) is 60.0 Å². The zero-order valence-corrected chi connectivity index (χ0v) is 20.8. The summed E-state index contributed by atoms with van der Waals surface area (Å²) in [4.78, 5) is 33.3. The van der Waals surface area contributed by atoms with Gasteiger partial charge in [-0.1, -0.05) is 6.07 Å². The summed E-state index contributed by atoms with van der Waals surface area (Å²) < 4.78 is 13.0. The van der Waals surface area contributed by atoms with E-state index in [-0.39, 0.29) is 11.7 Å². The third-order valence-electron chi connectivity index (χ3n) is 7.23. The highest BCUT2D eigenvalue weighted by molar-refractivity contribution is 5.88. The molecule has 2 fully saturated rings. The number of carboxylic acid groups (broad SMARTS) is 1. The number of carbonyl (C=O) groups is 1. The summed E-state index contributed by atoms with van der Waals surface area (Å²) >= 11 is 0. The molecule has 1 N–H and O–H groups in total. The van der Waals surface area contributed by atoms with E-state index in [1.165, 1.54) is 12.3 Å². The van der Waals surface area contributed by atoms with Crippen molar-refractivity contribution in [1.29, 1.82) is 5.26 Å². The lowest BCUT2D eigenvalue weighted by atomic mass is 10.0. The van der Waals surface area contributed by atoms with Crippen molar-refractivity contribution in [3.05, 3.63) is 70.0 Å². The number of hydrogen-bond donors (Lipinski definition) is 1. The van der Waals surface area contributed by atoms with Crippen LogP contribution in [0.5, 0.6) is 0 Å². The molecule has 0 atom stereocenters. The molecule has 0 saturated carbocycles. The first kappa shape index (κ1) is 23.8. The Balaban J connectivity index is 1.45. The second-order valence-corrected chi connectivity index (χ2v) is 9.56. The van der Waals surface area contributed by atoms with Gasteiger partial charge in [0, 0.05) is 49.8 Å². The van der Waals surface area contributed by atoms with Crippen LogP contribution in [0.15, 0.2) is 57.9 Å². The second kappa shape index (κ2) is 9.36. The van der Waals surface area contributed by atoms with E-state index in [1.807, 2.05) is 17.0 Å². The molecular formula is C28H25N5O5. The number of hydrogen-bond acceptors (Lipinski definition) is 8. The van der Waals surface area contributed by atoms with Crippen LogP contribution in [-0.2, 0) is 4.74 Å². The minimum atomic E-state index is -1.31. The highest BCUT2D eigenvalue weighted by Crippen LogP contribution is 2.32. The third kappa shape index (κ3) is 4.07. The standard InChI is InChI=1S/C28H25N5O5/c1-37-20-14-32(15-20)28-30-22-6-5-19(11-26(22)38-28)33-16-21(27(35)36)25(34)12-24(33)17-4-7-23(18(10-17)13-29)31-8-2-3-9-31/h4-7,10-12,16,20H,2-3,8-9,14-15H2,1H3,(H,35,36). The smallest absolute Gasteiger partial charge is 0.341 e. The molecule has 2 aliphatic rings. The highest BCUT2D eigenvalue weighted by Gasteiger charge is 2.30. The predicted molar refractivity (Wildman–Crippen MR) is 141 cm³/mol. The average molecular weight is 512 g/mol. The lowest BCUT2D eigenvalue weighted by Gasteiger charge is -2.36. The predicted octanol–water partition coefficient (Wildman–Crippen LogP) is 3.65. The number of benzene rings is 2. The third-order valence-corrected chi connectivity index (χ3v) is 7.23. The van der Waals surface area contributed by atoms with Crippen molar-refractivity contribution in [2.45, 2.75) is 18.9 Å². The lowest BCUT2D eigenvalue weighted by Crippen LogP contribution is -2.52. The van der Waals surface area contributed by atoms with Gasteiger partial charge in [-0.25, -0.2) is 4.79 Å². The summed E-state index contributed by atoms with van der Waals surface area (Å²) in [5, 5.41) is 19.5. The summed E-state index contributed by atoms with van der Waals surface area (Å²) in [6.45, 7) is 3.18. The first-order chi connectivity index (χ1) is 18.4. The zero-order valence-electron chi connectivity index (χ0n) is 20.8. The Bertz CT molecular complexity index is 1650. The maximum atomic E-state index is 12.7. The number of oxazole rings is 1. The Morgan fingerprint density at radius 1 is 1.13 bits per heavy atom.